The first-order chi connectivity index (χ1) is 16.5. The molecule has 0 aromatic heterocycles. The molecular weight excluding hydrogens is 427 g/mol. The van der Waals surface area contributed by atoms with Gasteiger partial charge >= 0.3 is 0 Å². The van der Waals surface area contributed by atoms with Crippen LogP contribution in [0.4, 0.5) is 4.39 Å². The Morgan fingerprint density at radius 2 is 1.53 bits per heavy atom. The molecule has 0 aliphatic rings. The second-order valence-electron chi connectivity index (χ2n) is 8.66. The standard InChI is InChI=1S/C29H33FN2O2/c1-3-4-18-31-29(34)27(19-23-8-6-5-7-9-23)32(21-25-12-10-22(2)11-13-25)28(33)20-24-14-16-26(30)17-15-24/h5-17,27H,3-4,18-21H2,1-2H3,(H,31,34)/t27-/m1/s1. The van der Waals surface area contributed by atoms with E-state index in [0.717, 1.165) is 29.5 Å². The summed E-state index contributed by atoms with van der Waals surface area (Å²) in [4.78, 5) is 28.6. The average molecular weight is 461 g/mol. The number of benzene rings is 3. The molecule has 3 aromatic carbocycles. The zero-order valence-electron chi connectivity index (χ0n) is 20.0. The highest BCUT2D eigenvalue weighted by Gasteiger charge is 2.30. The number of hydrogen-bond acceptors (Lipinski definition) is 2. The molecule has 3 rings (SSSR count). The molecule has 3 aromatic rings. The summed E-state index contributed by atoms with van der Waals surface area (Å²) in [6.07, 6.45) is 2.37. The van der Waals surface area contributed by atoms with Crippen molar-refractivity contribution in [3.63, 3.8) is 0 Å². The van der Waals surface area contributed by atoms with E-state index < -0.39 is 6.04 Å². The number of unbranched alkanes of at least 4 members (excludes halogenated alkanes) is 1. The zero-order valence-corrected chi connectivity index (χ0v) is 20.0. The summed E-state index contributed by atoms with van der Waals surface area (Å²) in [7, 11) is 0. The average Bonchev–Trinajstić information content (AvgIpc) is 2.84. The van der Waals surface area contributed by atoms with Gasteiger partial charge in [0.05, 0.1) is 6.42 Å². The third kappa shape index (κ3) is 7.55. The largest absolute Gasteiger partial charge is 0.354 e. The lowest BCUT2D eigenvalue weighted by molar-refractivity contribution is -0.140. The summed E-state index contributed by atoms with van der Waals surface area (Å²) >= 11 is 0. The lowest BCUT2D eigenvalue weighted by atomic mass is 10.0. The number of amides is 2. The first-order valence-electron chi connectivity index (χ1n) is 11.9. The fourth-order valence-corrected chi connectivity index (χ4v) is 3.83. The van der Waals surface area contributed by atoms with Crippen molar-refractivity contribution >= 4 is 11.8 Å². The molecule has 4 nitrogen and oxygen atoms in total. The molecular formula is C29H33FN2O2. The SMILES string of the molecule is CCCCNC(=O)[C@@H](Cc1ccccc1)N(Cc1ccc(C)cc1)C(=O)Cc1ccc(F)cc1. The summed E-state index contributed by atoms with van der Waals surface area (Å²) < 4.78 is 13.4. The highest BCUT2D eigenvalue weighted by molar-refractivity contribution is 5.88. The summed E-state index contributed by atoms with van der Waals surface area (Å²) in [6.45, 7) is 4.98. The van der Waals surface area contributed by atoms with Crippen LogP contribution < -0.4 is 5.32 Å². The van der Waals surface area contributed by atoms with Gasteiger partial charge in [0.25, 0.3) is 0 Å². The van der Waals surface area contributed by atoms with Crippen molar-refractivity contribution in [2.45, 2.75) is 52.1 Å². The second kappa shape index (κ2) is 12.7. The summed E-state index contributed by atoms with van der Waals surface area (Å²) in [5.74, 6) is -0.666. The third-order valence-corrected chi connectivity index (χ3v) is 5.84. The van der Waals surface area contributed by atoms with E-state index in [1.165, 1.54) is 12.1 Å². The van der Waals surface area contributed by atoms with Crippen molar-refractivity contribution in [1.29, 1.82) is 0 Å². The van der Waals surface area contributed by atoms with Gasteiger partial charge in [-0.05, 0) is 42.2 Å². The Morgan fingerprint density at radius 1 is 0.882 bits per heavy atom. The molecule has 0 bridgehead atoms. The van der Waals surface area contributed by atoms with Crippen molar-refractivity contribution in [2.75, 3.05) is 6.54 Å². The van der Waals surface area contributed by atoms with Crippen LogP contribution in [0.3, 0.4) is 0 Å². The van der Waals surface area contributed by atoms with Gasteiger partial charge in [-0.1, -0.05) is 85.6 Å². The highest BCUT2D eigenvalue weighted by Crippen LogP contribution is 2.17. The molecule has 0 aliphatic heterocycles. The van der Waals surface area contributed by atoms with Crippen LogP contribution in [-0.4, -0.2) is 29.3 Å². The first kappa shape index (κ1) is 25.2. The Balaban J connectivity index is 1.92. The van der Waals surface area contributed by atoms with E-state index in [1.807, 2.05) is 61.5 Å². The second-order valence-corrected chi connectivity index (χ2v) is 8.66. The fraction of sp³-hybridized carbons (Fsp3) is 0.310. The maximum absolute atomic E-state index is 13.6. The fourth-order valence-electron chi connectivity index (χ4n) is 3.83. The summed E-state index contributed by atoms with van der Waals surface area (Å²) in [5, 5.41) is 3.02. The van der Waals surface area contributed by atoms with E-state index in [9.17, 15) is 14.0 Å². The number of nitrogens with zero attached hydrogens (tertiary/aromatic N) is 1. The van der Waals surface area contributed by atoms with E-state index in [2.05, 4.69) is 12.2 Å². The minimum absolute atomic E-state index is 0.0969. The van der Waals surface area contributed by atoms with Crippen LogP contribution >= 0.6 is 0 Å². The van der Waals surface area contributed by atoms with Crippen LogP contribution in [-0.2, 0) is 29.0 Å². The summed E-state index contributed by atoms with van der Waals surface area (Å²) in [5.41, 5.74) is 3.79. The first-order valence-corrected chi connectivity index (χ1v) is 11.9. The zero-order chi connectivity index (χ0) is 24.3. The number of rotatable bonds is 11. The Labute approximate surface area is 201 Å². The minimum Gasteiger partial charge on any atom is -0.354 e. The van der Waals surface area contributed by atoms with Crippen molar-refractivity contribution in [1.82, 2.24) is 10.2 Å². The van der Waals surface area contributed by atoms with Crippen LogP contribution in [0.5, 0.6) is 0 Å². The van der Waals surface area contributed by atoms with E-state index >= 15 is 0 Å². The Kier molecular flexibility index (Phi) is 9.39. The Morgan fingerprint density at radius 3 is 2.18 bits per heavy atom. The van der Waals surface area contributed by atoms with Gasteiger partial charge in [-0.2, -0.15) is 0 Å². The lowest BCUT2D eigenvalue weighted by Gasteiger charge is -2.32. The van der Waals surface area contributed by atoms with Crippen molar-refractivity contribution in [3.05, 3.63) is 107 Å². The lowest BCUT2D eigenvalue weighted by Crippen LogP contribution is -2.51. The number of nitrogens with one attached hydrogen (secondary N) is 1. The monoisotopic (exact) mass is 460 g/mol. The van der Waals surface area contributed by atoms with Crippen molar-refractivity contribution in [3.8, 4) is 0 Å². The van der Waals surface area contributed by atoms with Gasteiger partial charge in [-0.25, -0.2) is 4.39 Å². The molecule has 1 atom stereocenters. The van der Waals surface area contributed by atoms with E-state index in [1.54, 1.807) is 17.0 Å². The maximum atomic E-state index is 13.6. The predicted octanol–water partition coefficient (Wildman–Crippen LogP) is 5.23. The molecule has 2 amide bonds. The molecule has 0 saturated heterocycles. The van der Waals surface area contributed by atoms with Gasteiger partial charge in [0, 0.05) is 19.5 Å². The molecule has 0 radical (unpaired) electrons. The number of aryl methyl sites for hydroxylation is 1. The Bertz CT molecular complexity index is 1050. The maximum Gasteiger partial charge on any atom is 0.243 e. The molecule has 1 N–H and O–H groups in total. The van der Waals surface area contributed by atoms with Gasteiger partial charge in [-0.3, -0.25) is 9.59 Å². The van der Waals surface area contributed by atoms with Crippen LogP contribution in [0.2, 0.25) is 0 Å². The van der Waals surface area contributed by atoms with E-state index in [0.29, 0.717) is 25.1 Å². The highest BCUT2D eigenvalue weighted by atomic mass is 19.1. The number of halogens is 1. The van der Waals surface area contributed by atoms with Gasteiger partial charge in [0.15, 0.2) is 0 Å². The van der Waals surface area contributed by atoms with Gasteiger partial charge in [-0.15, -0.1) is 0 Å². The van der Waals surface area contributed by atoms with Gasteiger partial charge in [0.2, 0.25) is 11.8 Å². The van der Waals surface area contributed by atoms with E-state index in [4.69, 9.17) is 0 Å². The van der Waals surface area contributed by atoms with Crippen LogP contribution in [0.25, 0.3) is 0 Å². The molecule has 5 heteroatoms. The third-order valence-electron chi connectivity index (χ3n) is 5.84. The van der Waals surface area contributed by atoms with Crippen LogP contribution in [0, 0.1) is 12.7 Å². The van der Waals surface area contributed by atoms with Gasteiger partial charge < -0.3 is 10.2 Å². The van der Waals surface area contributed by atoms with Crippen molar-refractivity contribution in [2.24, 2.45) is 0 Å². The molecule has 178 valence electrons. The van der Waals surface area contributed by atoms with Crippen LogP contribution in [0.15, 0.2) is 78.9 Å². The predicted molar refractivity (Wildman–Crippen MR) is 134 cm³/mol. The molecule has 0 unspecified atom stereocenters. The smallest absolute Gasteiger partial charge is 0.243 e. The molecule has 0 heterocycles. The summed E-state index contributed by atoms with van der Waals surface area (Å²) in [6, 6.07) is 23.0. The van der Waals surface area contributed by atoms with Gasteiger partial charge in [0.1, 0.15) is 11.9 Å². The molecule has 0 spiro atoms. The van der Waals surface area contributed by atoms with E-state index in [-0.39, 0.29) is 24.1 Å². The number of carbonyl (C=O) groups excluding carboxylic acids is 2. The normalized spacial score (nSPS) is 11.6. The topological polar surface area (TPSA) is 49.4 Å². The Hall–Kier alpha value is -3.47. The molecule has 0 fully saturated rings. The number of hydrogen-bond donors (Lipinski definition) is 1. The quantitative estimate of drug-likeness (QED) is 0.398. The minimum atomic E-state index is -0.659. The molecule has 34 heavy (non-hydrogen) atoms. The van der Waals surface area contributed by atoms with Crippen molar-refractivity contribution < 1.29 is 14.0 Å². The number of carbonyl (C=O) groups is 2. The molecule has 0 aliphatic carbocycles. The van der Waals surface area contributed by atoms with Crippen LogP contribution in [0.1, 0.15) is 42.0 Å². The molecule has 0 saturated carbocycles.